The largest absolute Gasteiger partial charge is 0.435 e. The smallest absolute Gasteiger partial charge is 0.265 e. The third-order valence-corrected chi connectivity index (χ3v) is 3.32. The molecule has 3 aromatic rings. The van der Waals surface area contributed by atoms with Gasteiger partial charge in [-0.15, -0.1) is 0 Å². The zero-order chi connectivity index (χ0) is 14.1. The minimum atomic E-state index is -0.341. The van der Waals surface area contributed by atoms with Crippen molar-refractivity contribution in [3.05, 3.63) is 47.1 Å². The molecule has 7 heteroatoms. The second kappa shape index (κ2) is 5.09. The van der Waals surface area contributed by atoms with Gasteiger partial charge in [-0.05, 0) is 34.1 Å². The third-order valence-electron chi connectivity index (χ3n) is 2.70. The van der Waals surface area contributed by atoms with Crippen molar-refractivity contribution in [1.29, 1.82) is 0 Å². The maximum absolute atomic E-state index is 13.1. The second-order valence-electron chi connectivity index (χ2n) is 4.02. The maximum atomic E-state index is 13.1. The monoisotopic (exact) mass is 336 g/mol. The van der Waals surface area contributed by atoms with Crippen molar-refractivity contribution in [2.45, 2.75) is 0 Å². The number of rotatable bonds is 3. The Morgan fingerprint density at radius 1 is 1.40 bits per heavy atom. The van der Waals surface area contributed by atoms with E-state index in [2.05, 4.69) is 31.2 Å². The van der Waals surface area contributed by atoms with Gasteiger partial charge in [-0.3, -0.25) is 4.40 Å². The van der Waals surface area contributed by atoms with E-state index in [0.717, 1.165) is 0 Å². The van der Waals surface area contributed by atoms with E-state index in [1.54, 1.807) is 30.0 Å². The minimum absolute atomic E-state index is 0.341. The quantitative estimate of drug-likeness (QED) is 0.795. The van der Waals surface area contributed by atoms with Gasteiger partial charge in [0.25, 0.3) is 5.88 Å². The molecule has 3 rings (SSSR count). The molecule has 20 heavy (non-hydrogen) atoms. The van der Waals surface area contributed by atoms with Crippen LogP contribution in [-0.2, 0) is 0 Å². The Hall–Kier alpha value is -2.15. The van der Waals surface area contributed by atoms with Gasteiger partial charge < -0.3 is 10.1 Å². The highest BCUT2D eigenvalue weighted by Gasteiger charge is 2.11. The molecule has 0 aliphatic rings. The van der Waals surface area contributed by atoms with E-state index in [1.807, 2.05) is 0 Å². The van der Waals surface area contributed by atoms with Crippen LogP contribution in [0.2, 0.25) is 0 Å². The number of benzene rings is 1. The number of imidazole rings is 1. The number of hydrogen-bond acceptors (Lipinski definition) is 4. The number of nitrogens with zero attached hydrogens (tertiary/aromatic N) is 3. The van der Waals surface area contributed by atoms with Crippen molar-refractivity contribution >= 4 is 27.4 Å². The third kappa shape index (κ3) is 2.32. The first-order chi connectivity index (χ1) is 9.67. The zero-order valence-corrected chi connectivity index (χ0v) is 12.1. The standard InChI is InChI=1S/C13H10BrFN4O/c1-16-11-7-19-5-4-17-12(19)13(18-11)20-10-3-2-8(15)6-9(10)14/h2-7,16H,1H3. The van der Waals surface area contributed by atoms with Crippen LogP contribution in [0, 0.1) is 5.82 Å². The van der Waals surface area contributed by atoms with Gasteiger partial charge in [0.15, 0.2) is 0 Å². The summed E-state index contributed by atoms with van der Waals surface area (Å²) >= 11 is 3.26. The molecule has 0 radical (unpaired) electrons. The lowest BCUT2D eigenvalue weighted by Gasteiger charge is -2.09. The van der Waals surface area contributed by atoms with Crippen LogP contribution in [-0.4, -0.2) is 21.4 Å². The molecule has 0 saturated heterocycles. The molecule has 2 aromatic heterocycles. The fourth-order valence-electron chi connectivity index (χ4n) is 1.75. The van der Waals surface area contributed by atoms with Crippen LogP contribution in [0.1, 0.15) is 0 Å². The number of hydrogen-bond donors (Lipinski definition) is 1. The predicted molar refractivity (Wildman–Crippen MR) is 76.7 cm³/mol. The van der Waals surface area contributed by atoms with E-state index in [1.165, 1.54) is 18.2 Å². The van der Waals surface area contributed by atoms with Crippen LogP contribution in [0.15, 0.2) is 41.3 Å². The average molecular weight is 337 g/mol. The Kier molecular flexibility index (Phi) is 3.27. The number of ether oxygens (including phenoxy) is 1. The molecule has 0 aliphatic heterocycles. The molecule has 102 valence electrons. The van der Waals surface area contributed by atoms with Crippen LogP contribution >= 0.6 is 15.9 Å². The van der Waals surface area contributed by atoms with Crippen molar-refractivity contribution in [2.75, 3.05) is 12.4 Å². The van der Waals surface area contributed by atoms with Crippen molar-refractivity contribution in [2.24, 2.45) is 0 Å². The fraction of sp³-hybridized carbons (Fsp3) is 0.0769. The van der Waals surface area contributed by atoms with E-state index >= 15 is 0 Å². The van der Waals surface area contributed by atoms with Gasteiger partial charge in [-0.2, -0.15) is 4.98 Å². The number of halogens is 2. The van der Waals surface area contributed by atoms with Crippen molar-refractivity contribution in [3.8, 4) is 11.6 Å². The molecular weight excluding hydrogens is 327 g/mol. The van der Waals surface area contributed by atoms with E-state index < -0.39 is 0 Å². The molecule has 0 atom stereocenters. The lowest BCUT2D eigenvalue weighted by atomic mass is 10.3. The molecule has 0 bridgehead atoms. The molecule has 0 aliphatic carbocycles. The summed E-state index contributed by atoms with van der Waals surface area (Å²) in [5, 5.41) is 2.95. The lowest BCUT2D eigenvalue weighted by molar-refractivity contribution is 0.461. The summed E-state index contributed by atoms with van der Waals surface area (Å²) in [6.45, 7) is 0. The number of fused-ring (bicyclic) bond motifs is 1. The molecule has 1 aromatic carbocycles. The molecule has 0 fully saturated rings. The Bertz CT molecular complexity index is 774. The summed E-state index contributed by atoms with van der Waals surface area (Å²) in [6.07, 6.45) is 5.25. The van der Waals surface area contributed by atoms with Gasteiger partial charge >= 0.3 is 0 Å². The van der Waals surface area contributed by atoms with E-state index in [9.17, 15) is 4.39 Å². The molecule has 5 nitrogen and oxygen atoms in total. The molecule has 1 N–H and O–H groups in total. The zero-order valence-electron chi connectivity index (χ0n) is 10.5. The van der Waals surface area contributed by atoms with Crippen molar-refractivity contribution in [1.82, 2.24) is 14.4 Å². The fourth-order valence-corrected chi connectivity index (χ4v) is 2.19. The predicted octanol–water partition coefficient (Wildman–Crippen LogP) is 3.46. The van der Waals surface area contributed by atoms with Crippen molar-refractivity contribution in [3.63, 3.8) is 0 Å². The number of anilines is 1. The van der Waals surface area contributed by atoms with Crippen LogP contribution in [0.25, 0.3) is 5.65 Å². The van der Waals surface area contributed by atoms with Gasteiger partial charge in [-0.25, -0.2) is 9.37 Å². The van der Waals surface area contributed by atoms with Crippen LogP contribution in [0.5, 0.6) is 11.6 Å². The Morgan fingerprint density at radius 3 is 3.00 bits per heavy atom. The molecule has 2 heterocycles. The first kappa shape index (κ1) is 12.9. The molecule has 0 spiro atoms. The topological polar surface area (TPSA) is 51.5 Å². The van der Waals surface area contributed by atoms with Gasteiger partial charge in [-0.1, -0.05) is 0 Å². The Labute approximate surface area is 122 Å². The first-order valence-corrected chi connectivity index (χ1v) is 6.61. The van der Waals surface area contributed by atoms with Gasteiger partial charge in [0.1, 0.15) is 17.4 Å². The van der Waals surface area contributed by atoms with Crippen LogP contribution in [0.4, 0.5) is 10.2 Å². The summed E-state index contributed by atoms with van der Waals surface area (Å²) in [5.41, 5.74) is 0.584. The SMILES string of the molecule is CNc1cn2ccnc2c(Oc2ccc(F)cc2Br)n1. The molecular formula is C13H10BrFN4O. The molecule has 0 unspecified atom stereocenters. The molecule has 0 saturated carbocycles. The lowest BCUT2D eigenvalue weighted by Crippen LogP contribution is -2.00. The summed E-state index contributed by atoms with van der Waals surface area (Å²) in [7, 11) is 1.77. The summed E-state index contributed by atoms with van der Waals surface area (Å²) in [5.74, 6) is 1.11. The highest BCUT2D eigenvalue weighted by Crippen LogP contribution is 2.31. The van der Waals surface area contributed by atoms with E-state index in [4.69, 9.17) is 4.74 Å². The number of aromatic nitrogens is 3. The summed E-state index contributed by atoms with van der Waals surface area (Å²) in [4.78, 5) is 8.51. The van der Waals surface area contributed by atoms with Gasteiger partial charge in [0, 0.05) is 19.4 Å². The highest BCUT2D eigenvalue weighted by molar-refractivity contribution is 9.10. The van der Waals surface area contributed by atoms with Gasteiger partial charge in [0.05, 0.1) is 10.7 Å². The van der Waals surface area contributed by atoms with E-state index in [-0.39, 0.29) is 5.82 Å². The minimum Gasteiger partial charge on any atom is -0.435 e. The van der Waals surface area contributed by atoms with Crippen LogP contribution < -0.4 is 10.1 Å². The maximum Gasteiger partial charge on any atom is 0.265 e. The molecule has 0 amide bonds. The second-order valence-corrected chi connectivity index (χ2v) is 4.87. The normalized spacial score (nSPS) is 10.8. The average Bonchev–Trinajstić information content (AvgIpc) is 2.90. The summed E-state index contributed by atoms with van der Waals surface area (Å²) < 4.78 is 21.1. The van der Waals surface area contributed by atoms with E-state index in [0.29, 0.717) is 27.6 Å². The first-order valence-electron chi connectivity index (χ1n) is 5.82. The van der Waals surface area contributed by atoms with Crippen LogP contribution in [0.3, 0.4) is 0 Å². The van der Waals surface area contributed by atoms with Crippen molar-refractivity contribution < 1.29 is 9.13 Å². The summed E-state index contributed by atoms with van der Waals surface area (Å²) in [6, 6.07) is 4.19. The Morgan fingerprint density at radius 2 is 2.25 bits per heavy atom. The Balaban J connectivity index is 2.07. The number of nitrogens with one attached hydrogen (secondary N) is 1. The highest BCUT2D eigenvalue weighted by atomic mass is 79.9. The van der Waals surface area contributed by atoms with Gasteiger partial charge in [0.2, 0.25) is 5.65 Å².